The first-order valence-corrected chi connectivity index (χ1v) is 5.23. The van der Waals surface area contributed by atoms with Crippen LogP contribution in [0, 0.1) is 0 Å². The number of sulfone groups is 1. The van der Waals surface area contributed by atoms with Crippen molar-refractivity contribution in [3.8, 4) is 0 Å². The van der Waals surface area contributed by atoms with Gasteiger partial charge in [-0.05, 0) is 0 Å². The average Bonchev–Trinajstić information content (AvgIpc) is 1.86. The first kappa shape index (κ1) is 8.96. The van der Waals surface area contributed by atoms with Crippen molar-refractivity contribution >= 4 is 9.84 Å². The van der Waals surface area contributed by atoms with Crippen molar-refractivity contribution in [3.05, 3.63) is 0 Å². The van der Waals surface area contributed by atoms with Crippen molar-refractivity contribution in [2.45, 2.75) is 11.7 Å². The first-order chi connectivity index (χ1) is 5.08. The molecule has 0 aromatic carbocycles. The average molecular weight is 179 g/mol. The lowest BCUT2D eigenvalue weighted by atomic mass is 10.1. The summed E-state index contributed by atoms with van der Waals surface area (Å²) in [5.74, 6) is 0.146. The van der Waals surface area contributed by atoms with Gasteiger partial charge in [0, 0.05) is 12.3 Å². The minimum Gasteiger partial charge on any atom is -0.378 e. The predicted molar refractivity (Wildman–Crippen MR) is 42.1 cm³/mol. The molecule has 2 N–H and O–H groups in total. The van der Waals surface area contributed by atoms with Crippen molar-refractivity contribution in [1.29, 1.82) is 0 Å². The zero-order chi connectivity index (χ0) is 8.54. The third kappa shape index (κ3) is 1.17. The fourth-order valence-corrected chi connectivity index (χ4v) is 2.45. The summed E-state index contributed by atoms with van der Waals surface area (Å²) in [6.45, 7) is 2.33. The normalized spacial score (nSPS) is 22.7. The highest BCUT2D eigenvalue weighted by Crippen LogP contribution is 2.26. The molecular weight excluding hydrogens is 166 g/mol. The highest BCUT2D eigenvalue weighted by molar-refractivity contribution is 7.92. The maximum Gasteiger partial charge on any atom is 0.161 e. The number of hydrogen-bond donors (Lipinski definition) is 1. The SMILES string of the molecule is CCS(=O)(=O)C1(CN)COC1. The molecule has 1 saturated heterocycles. The Bertz CT molecular complexity index is 225. The molecule has 5 heteroatoms. The molecule has 1 heterocycles. The summed E-state index contributed by atoms with van der Waals surface area (Å²) >= 11 is 0. The van der Waals surface area contributed by atoms with Gasteiger partial charge in [0.25, 0.3) is 0 Å². The predicted octanol–water partition coefficient (Wildman–Crippen LogP) is -0.851. The van der Waals surface area contributed by atoms with Crippen LogP contribution in [0.15, 0.2) is 0 Å². The maximum absolute atomic E-state index is 11.4. The molecule has 4 nitrogen and oxygen atoms in total. The third-order valence-electron chi connectivity index (χ3n) is 2.14. The van der Waals surface area contributed by atoms with Gasteiger partial charge in [0.05, 0.1) is 13.2 Å². The smallest absolute Gasteiger partial charge is 0.161 e. The number of hydrogen-bond acceptors (Lipinski definition) is 4. The Hall–Kier alpha value is -0.130. The Morgan fingerprint density at radius 3 is 2.18 bits per heavy atom. The molecule has 1 aliphatic heterocycles. The van der Waals surface area contributed by atoms with Crippen LogP contribution in [0.25, 0.3) is 0 Å². The fraction of sp³-hybridized carbons (Fsp3) is 1.00. The zero-order valence-electron chi connectivity index (χ0n) is 6.54. The molecule has 1 rings (SSSR count). The lowest BCUT2D eigenvalue weighted by Crippen LogP contribution is -2.60. The molecule has 0 atom stereocenters. The Labute approximate surface area is 66.6 Å². The van der Waals surface area contributed by atoms with Crippen molar-refractivity contribution < 1.29 is 13.2 Å². The lowest BCUT2D eigenvalue weighted by molar-refractivity contribution is -0.00916. The van der Waals surface area contributed by atoms with E-state index in [9.17, 15) is 8.42 Å². The standard InChI is InChI=1S/C6H13NO3S/c1-2-11(8,9)6(3-7)4-10-5-6/h2-5,7H2,1H3. The number of rotatable bonds is 3. The molecule has 0 amide bonds. The quantitative estimate of drug-likeness (QED) is 0.612. The van der Waals surface area contributed by atoms with Crippen LogP contribution in [-0.2, 0) is 14.6 Å². The molecule has 66 valence electrons. The van der Waals surface area contributed by atoms with E-state index in [4.69, 9.17) is 10.5 Å². The Morgan fingerprint density at radius 2 is 2.09 bits per heavy atom. The summed E-state index contributed by atoms with van der Waals surface area (Å²) in [6.07, 6.45) is 0. The highest BCUT2D eigenvalue weighted by atomic mass is 32.2. The molecule has 0 spiro atoms. The fourth-order valence-electron chi connectivity index (χ4n) is 1.06. The van der Waals surface area contributed by atoms with Crippen LogP contribution in [0.3, 0.4) is 0 Å². The number of ether oxygens (including phenoxy) is 1. The van der Waals surface area contributed by atoms with E-state index < -0.39 is 14.6 Å². The summed E-state index contributed by atoms with van der Waals surface area (Å²) in [6, 6.07) is 0. The van der Waals surface area contributed by atoms with Crippen molar-refractivity contribution in [2.24, 2.45) is 5.73 Å². The highest BCUT2D eigenvalue weighted by Gasteiger charge is 2.48. The second-order valence-electron chi connectivity index (χ2n) is 2.78. The zero-order valence-corrected chi connectivity index (χ0v) is 7.36. The van der Waals surface area contributed by atoms with Gasteiger partial charge in [0.15, 0.2) is 9.84 Å². The summed E-state index contributed by atoms with van der Waals surface area (Å²) in [7, 11) is -3.02. The van der Waals surface area contributed by atoms with E-state index in [0.717, 1.165) is 0 Å². The lowest BCUT2D eigenvalue weighted by Gasteiger charge is -2.39. The van der Waals surface area contributed by atoms with Gasteiger partial charge in [0.1, 0.15) is 4.75 Å². The van der Waals surface area contributed by atoms with Gasteiger partial charge in [0.2, 0.25) is 0 Å². The van der Waals surface area contributed by atoms with Crippen LogP contribution < -0.4 is 5.73 Å². The van der Waals surface area contributed by atoms with E-state index in [0.29, 0.717) is 0 Å². The molecule has 0 unspecified atom stereocenters. The van der Waals surface area contributed by atoms with Crippen LogP contribution in [0.4, 0.5) is 0 Å². The van der Waals surface area contributed by atoms with Crippen molar-refractivity contribution in [1.82, 2.24) is 0 Å². The van der Waals surface area contributed by atoms with Crippen LogP contribution in [0.2, 0.25) is 0 Å². The minimum absolute atomic E-state index is 0.146. The second-order valence-corrected chi connectivity index (χ2v) is 5.46. The molecular formula is C6H13NO3S. The van der Waals surface area contributed by atoms with E-state index in [1.165, 1.54) is 0 Å². The van der Waals surface area contributed by atoms with Gasteiger partial charge in [-0.25, -0.2) is 8.42 Å². The molecule has 1 fully saturated rings. The molecule has 0 aromatic heterocycles. The summed E-state index contributed by atoms with van der Waals surface area (Å²) in [4.78, 5) is 0. The van der Waals surface area contributed by atoms with Gasteiger partial charge in [-0.3, -0.25) is 0 Å². The maximum atomic E-state index is 11.4. The molecule has 1 aliphatic rings. The Balaban J connectivity index is 2.86. The summed E-state index contributed by atoms with van der Waals surface area (Å²) < 4.78 is 26.8. The third-order valence-corrected chi connectivity index (χ3v) is 4.62. The molecule has 0 saturated carbocycles. The van der Waals surface area contributed by atoms with Gasteiger partial charge in [-0.15, -0.1) is 0 Å². The number of nitrogens with two attached hydrogens (primary N) is 1. The van der Waals surface area contributed by atoms with E-state index in [1.807, 2.05) is 0 Å². The summed E-state index contributed by atoms with van der Waals surface area (Å²) in [5, 5.41) is 0. The monoisotopic (exact) mass is 179 g/mol. The van der Waals surface area contributed by atoms with E-state index in [-0.39, 0.29) is 25.5 Å². The largest absolute Gasteiger partial charge is 0.378 e. The molecule has 0 aromatic rings. The first-order valence-electron chi connectivity index (χ1n) is 3.58. The van der Waals surface area contributed by atoms with Crippen molar-refractivity contribution in [2.75, 3.05) is 25.5 Å². The van der Waals surface area contributed by atoms with Crippen LogP contribution >= 0.6 is 0 Å². The van der Waals surface area contributed by atoms with Crippen LogP contribution in [0.1, 0.15) is 6.92 Å². The van der Waals surface area contributed by atoms with Crippen molar-refractivity contribution in [3.63, 3.8) is 0 Å². The van der Waals surface area contributed by atoms with Crippen LogP contribution in [0.5, 0.6) is 0 Å². The topological polar surface area (TPSA) is 69.4 Å². The van der Waals surface area contributed by atoms with Gasteiger partial charge in [-0.2, -0.15) is 0 Å². The molecule has 0 bridgehead atoms. The Morgan fingerprint density at radius 1 is 1.55 bits per heavy atom. The Kier molecular flexibility index (Phi) is 2.22. The molecule has 0 radical (unpaired) electrons. The molecule has 0 aliphatic carbocycles. The van der Waals surface area contributed by atoms with E-state index in [1.54, 1.807) is 6.92 Å². The van der Waals surface area contributed by atoms with Gasteiger partial charge >= 0.3 is 0 Å². The second kappa shape index (κ2) is 2.73. The minimum atomic E-state index is -3.02. The molecule has 11 heavy (non-hydrogen) atoms. The van der Waals surface area contributed by atoms with Crippen LogP contribution in [-0.4, -0.2) is 38.7 Å². The van der Waals surface area contributed by atoms with Gasteiger partial charge < -0.3 is 10.5 Å². The van der Waals surface area contributed by atoms with E-state index >= 15 is 0 Å². The van der Waals surface area contributed by atoms with Gasteiger partial charge in [-0.1, -0.05) is 6.92 Å². The van der Waals surface area contributed by atoms with E-state index in [2.05, 4.69) is 0 Å². The summed E-state index contributed by atoms with van der Waals surface area (Å²) in [5.41, 5.74) is 5.37.